The van der Waals surface area contributed by atoms with Gasteiger partial charge in [-0.25, -0.2) is 0 Å². The Morgan fingerprint density at radius 3 is 2.67 bits per heavy atom. The van der Waals surface area contributed by atoms with E-state index < -0.39 is 0 Å². The number of thiocarbonyl (C=S) groups is 1. The van der Waals surface area contributed by atoms with Crippen LogP contribution in [0.15, 0.2) is 53.7 Å². The number of hydrogen-bond donors (Lipinski definition) is 3. The molecule has 2 rings (SSSR count). The van der Waals surface area contributed by atoms with E-state index >= 15 is 0 Å². The summed E-state index contributed by atoms with van der Waals surface area (Å²) in [7, 11) is 0. The molecule has 0 fully saturated rings. The van der Waals surface area contributed by atoms with Crippen molar-refractivity contribution in [1.82, 2.24) is 10.3 Å². The number of nitrogens with zero attached hydrogens (tertiary/aromatic N) is 2. The van der Waals surface area contributed by atoms with Crippen molar-refractivity contribution in [2.75, 3.05) is 0 Å². The smallest absolute Gasteiger partial charge is 0.196 e. The molecule has 21 heavy (non-hydrogen) atoms. The van der Waals surface area contributed by atoms with E-state index in [0.29, 0.717) is 6.54 Å². The highest BCUT2D eigenvalue weighted by molar-refractivity contribution is 7.80. The van der Waals surface area contributed by atoms with Crippen LogP contribution >= 0.6 is 12.2 Å². The Hall–Kier alpha value is -2.47. The number of nitrogens with two attached hydrogens (primary N) is 2. The fourth-order valence-corrected chi connectivity index (χ4v) is 2.07. The van der Waals surface area contributed by atoms with Crippen molar-refractivity contribution in [2.24, 2.45) is 16.5 Å². The number of nitrogens with one attached hydrogen (secondary N) is 1. The minimum absolute atomic E-state index is 0.0450. The van der Waals surface area contributed by atoms with Crippen LogP contribution in [0.5, 0.6) is 0 Å². The predicted octanol–water partition coefficient (Wildman–Crippen LogP) is 1.32. The molecule has 0 aliphatic carbocycles. The van der Waals surface area contributed by atoms with Gasteiger partial charge in [0.15, 0.2) is 11.1 Å². The Labute approximate surface area is 129 Å². The molecule has 0 unspecified atom stereocenters. The van der Waals surface area contributed by atoms with Crippen LogP contribution in [0.25, 0.3) is 0 Å². The summed E-state index contributed by atoms with van der Waals surface area (Å²) in [6, 6.07) is 14.1. The van der Waals surface area contributed by atoms with Crippen molar-refractivity contribution in [3.05, 3.63) is 65.5 Å². The molecule has 0 aliphatic rings. The van der Waals surface area contributed by atoms with Gasteiger partial charge in [-0.1, -0.05) is 30.3 Å². The fourth-order valence-electron chi connectivity index (χ4n) is 1.90. The quantitative estimate of drug-likeness (QED) is 0.450. The van der Waals surface area contributed by atoms with Gasteiger partial charge in [-0.15, -0.1) is 0 Å². The second kappa shape index (κ2) is 7.35. The van der Waals surface area contributed by atoms with Crippen LogP contribution in [-0.2, 0) is 13.0 Å². The molecule has 2 aromatic rings. The Morgan fingerprint density at radius 2 is 1.95 bits per heavy atom. The molecule has 0 saturated heterocycles. The van der Waals surface area contributed by atoms with Gasteiger partial charge >= 0.3 is 0 Å². The Balaban J connectivity index is 1.98. The van der Waals surface area contributed by atoms with Gasteiger partial charge < -0.3 is 16.8 Å². The highest BCUT2D eigenvalue weighted by atomic mass is 32.1. The third kappa shape index (κ3) is 5.19. The highest BCUT2D eigenvalue weighted by Gasteiger charge is 2.00. The van der Waals surface area contributed by atoms with Crippen molar-refractivity contribution in [2.45, 2.75) is 13.0 Å². The van der Waals surface area contributed by atoms with Crippen LogP contribution in [-0.4, -0.2) is 16.1 Å². The molecular weight excluding hydrogens is 282 g/mol. The minimum Gasteiger partial charge on any atom is -0.370 e. The third-order valence-electron chi connectivity index (χ3n) is 2.78. The summed E-state index contributed by atoms with van der Waals surface area (Å²) < 4.78 is 0. The molecule has 1 aromatic heterocycles. The van der Waals surface area contributed by atoms with Gasteiger partial charge in [0, 0.05) is 24.9 Å². The average Bonchev–Trinajstić information content (AvgIpc) is 2.46. The molecule has 5 N–H and O–H groups in total. The lowest BCUT2D eigenvalue weighted by molar-refractivity contribution is 0.914. The Bertz CT molecular complexity index is 636. The first-order chi connectivity index (χ1) is 10.1. The SMILES string of the molecule is NC(N)=NC(=S)NCc1cccc(Cc2ccccn2)c1. The van der Waals surface area contributed by atoms with Crippen molar-refractivity contribution in [1.29, 1.82) is 0 Å². The van der Waals surface area contributed by atoms with Gasteiger partial charge in [0.25, 0.3) is 0 Å². The monoisotopic (exact) mass is 299 g/mol. The third-order valence-corrected chi connectivity index (χ3v) is 3.01. The summed E-state index contributed by atoms with van der Waals surface area (Å²) in [6.45, 7) is 0.575. The number of aromatic nitrogens is 1. The van der Waals surface area contributed by atoms with E-state index in [-0.39, 0.29) is 11.1 Å². The molecule has 5 nitrogen and oxygen atoms in total. The van der Waals surface area contributed by atoms with Crippen molar-refractivity contribution < 1.29 is 0 Å². The number of rotatable bonds is 4. The van der Waals surface area contributed by atoms with Gasteiger partial charge in [-0.3, -0.25) is 4.98 Å². The highest BCUT2D eigenvalue weighted by Crippen LogP contribution is 2.10. The Kier molecular flexibility index (Phi) is 5.22. The summed E-state index contributed by atoms with van der Waals surface area (Å²) in [5.41, 5.74) is 13.9. The first-order valence-electron chi connectivity index (χ1n) is 6.48. The molecule has 1 heterocycles. The fraction of sp³-hybridized carbons (Fsp3) is 0.133. The second-order valence-electron chi connectivity index (χ2n) is 4.51. The second-order valence-corrected chi connectivity index (χ2v) is 4.90. The van der Waals surface area contributed by atoms with Crippen LogP contribution in [0.2, 0.25) is 0 Å². The lowest BCUT2D eigenvalue weighted by atomic mass is 10.1. The molecule has 0 bridgehead atoms. The summed E-state index contributed by atoms with van der Waals surface area (Å²) in [5, 5.41) is 3.27. The molecule has 0 saturated carbocycles. The first kappa shape index (κ1) is 14.9. The van der Waals surface area contributed by atoms with E-state index in [1.807, 2.05) is 30.3 Å². The largest absolute Gasteiger partial charge is 0.370 e. The first-order valence-corrected chi connectivity index (χ1v) is 6.89. The standard InChI is InChI=1S/C15H17N5S/c16-14(17)20-15(21)19-10-12-5-3-4-11(8-12)9-13-6-1-2-7-18-13/h1-8H,9-10H2,(H5,16,17,19,20,21). The number of guanidine groups is 1. The van der Waals surface area contributed by atoms with Crippen molar-refractivity contribution >= 4 is 23.3 Å². The summed E-state index contributed by atoms with van der Waals surface area (Å²) in [6.07, 6.45) is 2.60. The lowest BCUT2D eigenvalue weighted by Gasteiger charge is -2.07. The molecule has 108 valence electrons. The van der Waals surface area contributed by atoms with Gasteiger partial charge in [0.2, 0.25) is 0 Å². The number of benzene rings is 1. The zero-order chi connectivity index (χ0) is 15.1. The summed E-state index contributed by atoms with van der Waals surface area (Å²) in [4.78, 5) is 8.09. The molecule has 6 heteroatoms. The molecule has 0 spiro atoms. The van der Waals surface area contributed by atoms with E-state index in [4.69, 9.17) is 23.7 Å². The van der Waals surface area contributed by atoms with E-state index in [2.05, 4.69) is 27.4 Å². The van der Waals surface area contributed by atoms with Gasteiger partial charge in [-0.2, -0.15) is 4.99 Å². The summed E-state index contributed by atoms with van der Waals surface area (Å²) >= 11 is 5.00. The summed E-state index contributed by atoms with van der Waals surface area (Å²) in [5.74, 6) is -0.0450. The maximum Gasteiger partial charge on any atom is 0.196 e. The predicted molar refractivity (Wildman–Crippen MR) is 88.7 cm³/mol. The molecule has 0 aliphatic heterocycles. The van der Waals surface area contributed by atoms with Crippen LogP contribution in [0, 0.1) is 0 Å². The van der Waals surface area contributed by atoms with E-state index in [1.54, 1.807) is 6.20 Å². The topological polar surface area (TPSA) is 89.3 Å². The number of aliphatic imine (C=N–C) groups is 1. The number of pyridine rings is 1. The van der Waals surface area contributed by atoms with Crippen LogP contribution < -0.4 is 16.8 Å². The van der Waals surface area contributed by atoms with Crippen LogP contribution in [0.4, 0.5) is 0 Å². The maximum atomic E-state index is 5.27. The van der Waals surface area contributed by atoms with Crippen molar-refractivity contribution in [3.8, 4) is 0 Å². The van der Waals surface area contributed by atoms with Gasteiger partial charge in [0.05, 0.1) is 0 Å². The van der Waals surface area contributed by atoms with Gasteiger partial charge in [-0.05, 0) is 35.5 Å². The van der Waals surface area contributed by atoms with E-state index in [0.717, 1.165) is 17.7 Å². The van der Waals surface area contributed by atoms with Gasteiger partial charge in [0.1, 0.15) is 0 Å². The van der Waals surface area contributed by atoms with E-state index in [9.17, 15) is 0 Å². The molecular formula is C15H17N5S. The van der Waals surface area contributed by atoms with Crippen LogP contribution in [0.3, 0.4) is 0 Å². The van der Waals surface area contributed by atoms with E-state index in [1.165, 1.54) is 5.56 Å². The average molecular weight is 299 g/mol. The lowest BCUT2D eigenvalue weighted by Crippen LogP contribution is -2.28. The molecule has 0 radical (unpaired) electrons. The minimum atomic E-state index is -0.0450. The van der Waals surface area contributed by atoms with Crippen molar-refractivity contribution in [3.63, 3.8) is 0 Å². The van der Waals surface area contributed by atoms with Crippen LogP contribution in [0.1, 0.15) is 16.8 Å². The Morgan fingerprint density at radius 1 is 1.14 bits per heavy atom. The molecule has 1 aromatic carbocycles. The normalized spacial score (nSPS) is 9.90. The maximum absolute atomic E-state index is 5.27. The molecule has 0 amide bonds. The zero-order valence-electron chi connectivity index (χ0n) is 11.5. The zero-order valence-corrected chi connectivity index (χ0v) is 12.3. The molecule has 0 atom stereocenters. The number of hydrogen-bond acceptors (Lipinski definition) is 2.